The van der Waals surface area contributed by atoms with E-state index in [9.17, 15) is 0 Å². The second-order valence-electron chi connectivity index (χ2n) is 4.22. The number of thiocarbonyl (C=S) groups is 1. The Morgan fingerprint density at radius 2 is 1.89 bits per heavy atom. The monoisotopic (exact) mass is 334 g/mol. The number of halogens is 1. The van der Waals surface area contributed by atoms with Crippen LogP contribution in [0.3, 0.4) is 0 Å². The van der Waals surface area contributed by atoms with Crippen molar-refractivity contribution < 1.29 is 0 Å². The molecule has 98 valence electrons. The van der Waals surface area contributed by atoms with E-state index in [4.69, 9.17) is 18.0 Å². The van der Waals surface area contributed by atoms with Gasteiger partial charge in [0.15, 0.2) is 0 Å². The Balaban J connectivity index is 1.95. The minimum Gasteiger partial charge on any atom is -0.389 e. The van der Waals surface area contributed by atoms with Gasteiger partial charge in [0.1, 0.15) is 4.99 Å². The van der Waals surface area contributed by atoms with Gasteiger partial charge in [0, 0.05) is 22.3 Å². The Morgan fingerprint density at radius 3 is 2.53 bits per heavy atom. The quantitative estimate of drug-likeness (QED) is 0.818. The molecule has 0 aromatic heterocycles. The van der Waals surface area contributed by atoms with Gasteiger partial charge >= 0.3 is 0 Å². The molecule has 0 fully saturated rings. The first-order chi connectivity index (χ1) is 9.16. The molecule has 0 bridgehead atoms. The van der Waals surface area contributed by atoms with Gasteiger partial charge in [-0.15, -0.1) is 0 Å². The molecule has 2 rings (SSSR count). The smallest absolute Gasteiger partial charge is 0.104 e. The Bertz CT molecular complexity index is 570. The Morgan fingerprint density at radius 1 is 1.16 bits per heavy atom. The highest BCUT2D eigenvalue weighted by Gasteiger charge is 2.02. The molecule has 0 aliphatic heterocycles. The Kier molecular flexibility index (Phi) is 4.93. The number of rotatable bonds is 5. The van der Waals surface area contributed by atoms with Gasteiger partial charge in [-0.05, 0) is 46.1 Å². The van der Waals surface area contributed by atoms with Gasteiger partial charge in [0.25, 0.3) is 0 Å². The van der Waals surface area contributed by atoms with Gasteiger partial charge < -0.3 is 11.1 Å². The molecule has 0 amide bonds. The van der Waals surface area contributed by atoms with Crippen molar-refractivity contribution in [3.63, 3.8) is 0 Å². The first-order valence-electron chi connectivity index (χ1n) is 6.04. The second kappa shape index (κ2) is 6.68. The van der Waals surface area contributed by atoms with Gasteiger partial charge in [-0.1, -0.05) is 42.5 Å². The molecule has 2 aromatic carbocycles. The van der Waals surface area contributed by atoms with Crippen molar-refractivity contribution in [1.82, 2.24) is 0 Å². The number of nitrogens with two attached hydrogens (primary N) is 1. The molecule has 0 heterocycles. The number of anilines is 1. The number of nitrogens with one attached hydrogen (secondary N) is 1. The lowest BCUT2D eigenvalue weighted by atomic mass is 10.1. The van der Waals surface area contributed by atoms with Gasteiger partial charge in [-0.2, -0.15) is 0 Å². The van der Waals surface area contributed by atoms with E-state index < -0.39 is 0 Å². The average Bonchev–Trinajstić information content (AvgIpc) is 2.41. The minimum atomic E-state index is 0.413. The fourth-order valence-electron chi connectivity index (χ4n) is 1.80. The van der Waals surface area contributed by atoms with Crippen molar-refractivity contribution in [1.29, 1.82) is 0 Å². The van der Waals surface area contributed by atoms with Gasteiger partial charge in [-0.3, -0.25) is 0 Å². The molecule has 0 aliphatic rings. The summed E-state index contributed by atoms with van der Waals surface area (Å²) in [7, 11) is 0. The zero-order valence-electron chi connectivity index (χ0n) is 10.4. The standard InChI is InChI=1S/C15H15BrN2S/c16-13-10-12(15(17)19)6-7-14(13)18-9-8-11-4-2-1-3-5-11/h1-7,10,18H,8-9H2,(H2,17,19). The van der Waals surface area contributed by atoms with Crippen LogP contribution in [0.4, 0.5) is 5.69 Å². The molecule has 2 nitrogen and oxygen atoms in total. The molecular formula is C15H15BrN2S. The van der Waals surface area contributed by atoms with Crippen molar-refractivity contribution in [2.24, 2.45) is 5.73 Å². The van der Waals surface area contributed by atoms with Crippen LogP contribution < -0.4 is 11.1 Å². The fourth-order valence-corrected chi connectivity index (χ4v) is 2.44. The third-order valence-corrected chi connectivity index (χ3v) is 3.72. The van der Waals surface area contributed by atoms with Crippen molar-refractivity contribution >= 4 is 38.8 Å². The molecule has 0 radical (unpaired) electrons. The number of benzene rings is 2. The lowest BCUT2D eigenvalue weighted by Crippen LogP contribution is -2.10. The van der Waals surface area contributed by atoms with Crippen LogP contribution in [-0.2, 0) is 6.42 Å². The van der Waals surface area contributed by atoms with E-state index in [1.165, 1.54) is 5.56 Å². The van der Waals surface area contributed by atoms with Crippen LogP contribution in [0.5, 0.6) is 0 Å². The van der Waals surface area contributed by atoms with Gasteiger partial charge in [0.05, 0.1) is 0 Å². The SMILES string of the molecule is NC(=S)c1ccc(NCCc2ccccc2)c(Br)c1. The summed E-state index contributed by atoms with van der Waals surface area (Å²) in [5.74, 6) is 0. The zero-order chi connectivity index (χ0) is 13.7. The molecule has 19 heavy (non-hydrogen) atoms. The van der Waals surface area contributed by atoms with Crippen LogP contribution in [0.15, 0.2) is 53.0 Å². The second-order valence-corrected chi connectivity index (χ2v) is 5.52. The highest BCUT2D eigenvalue weighted by molar-refractivity contribution is 9.10. The Hall–Kier alpha value is -1.39. The normalized spacial score (nSPS) is 10.2. The van der Waals surface area contributed by atoms with Gasteiger partial charge in [0.2, 0.25) is 0 Å². The van der Waals surface area contributed by atoms with E-state index in [2.05, 4.69) is 45.5 Å². The maximum Gasteiger partial charge on any atom is 0.104 e. The third kappa shape index (κ3) is 4.04. The van der Waals surface area contributed by atoms with Crippen molar-refractivity contribution in [2.75, 3.05) is 11.9 Å². The summed E-state index contributed by atoms with van der Waals surface area (Å²) in [6, 6.07) is 16.3. The number of hydrogen-bond acceptors (Lipinski definition) is 2. The van der Waals surface area contributed by atoms with Crippen LogP contribution >= 0.6 is 28.1 Å². The van der Waals surface area contributed by atoms with Crippen LogP contribution in [-0.4, -0.2) is 11.5 Å². The summed E-state index contributed by atoms with van der Waals surface area (Å²) in [6.07, 6.45) is 0.990. The molecule has 0 atom stereocenters. The summed E-state index contributed by atoms with van der Waals surface area (Å²) < 4.78 is 0.978. The maximum atomic E-state index is 5.60. The molecule has 4 heteroatoms. The minimum absolute atomic E-state index is 0.413. The first-order valence-corrected chi connectivity index (χ1v) is 7.24. The molecule has 3 N–H and O–H groups in total. The first kappa shape index (κ1) is 14.0. The van der Waals surface area contributed by atoms with E-state index in [0.717, 1.165) is 28.7 Å². The zero-order valence-corrected chi connectivity index (χ0v) is 12.8. The van der Waals surface area contributed by atoms with Crippen molar-refractivity contribution in [3.05, 3.63) is 64.1 Å². The topological polar surface area (TPSA) is 38.0 Å². The van der Waals surface area contributed by atoms with Crippen LogP contribution in [0.2, 0.25) is 0 Å². The summed E-state index contributed by atoms with van der Waals surface area (Å²) in [5, 5.41) is 3.40. The van der Waals surface area contributed by atoms with E-state index >= 15 is 0 Å². The Labute approximate surface area is 127 Å². The van der Waals surface area contributed by atoms with Crippen LogP contribution in [0.25, 0.3) is 0 Å². The maximum absolute atomic E-state index is 5.60. The summed E-state index contributed by atoms with van der Waals surface area (Å²) in [6.45, 7) is 0.884. The van der Waals surface area contributed by atoms with E-state index in [1.54, 1.807) is 0 Å². The van der Waals surface area contributed by atoms with E-state index in [-0.39, 0.29) is 0 Å². The van der Waals surface area contributed by atoms with Crippen molar-refractivity contribution in [3.8, 4) is 0 Å². The molecule has 0 saturated heterocycles. The summed E-state index contributed by atoms with van der Waals surface area (Å²) in [4.78, 5) is 0.413. The highest BCUT2D eigenvalue weighted by Crippen LogP contribution is 2.23. The van der Waals surface area contributed by atoms with Crippen LogP contribution in [0.1, 0.15) is 11.1 Å². The van der Waals surface area contributed by atoms with Gasteiger partial charge in [-0.25, -0.2) is 0 Å². The predicted molar refractivity (Wildman–Crippen MR) is 88.7 cm³/mol. The molecule has 0 saturated carbocycles. The molecule has 0 unspecified atom stereocenters. The largest absolute Gasteiger partial charge is 0.389 e. The van der Waals surface area contributed by atoms with E-state index in [1.807, 2.05) is 24.3 Å². The molecule has 0 aliphatic carbocycles. The van der Waals surface area contributed by atoms with E-state index in [0.29, 0.717) is 4.99 Å². The lowest BCUT2D eigenvalue weighted by molar-refractivity contribution is 1.02. The molecule has 2 aromatic rings. The summed E-state index contributed by atoms with van der Waals surface area (Å²) in [5.41, 5.74) is 8.85. The highest BCUT2D eigenvalue weighted by atomic mass is 79.9. The fraction of sp³-hybridized carbons (Fsp3) is 0.133. The summed E-state index contributed by atoms with van der Waals surface area (Å²) >= 11 is 8.48. The lowest BCUT2D eigenvalue weighted by Gasteiger charge is -2.10. The number of hydrogen-bond donors (Lipinski definition) is 2. The average molecular weight is 335 g/mol. The molecule has 0 spiro atoms. The van der Waals surface area contributed by atoms with Crippen molar-refractivity contribution in [2.45, 2.75) is 6.42 Å². The van der Waals surface area contributed by atoms with Crippen LogP contribution in [0, 0.1) is 0 Å². The predicted octanol–water partition coefficient (Wildman–Crippen LogP) is 3.74. The molecular weight excluding hydrogens is 320 g/mol. The third-order valence-electron chi connectivity index (χ3n) is 2.83.